The van der Waals surface area contributed by atoms with Gasteiger partial charge in [0.1, 0.15) is 0 Å². The van der Waals surface area contributed by atoms with Crippen molar-refractivity contribution in [3.8, 4) is 5.75 Å². The highest BCUT2D eigenvalue weighted by Crippen LogP contribution is 2.55. The molecule has 1 aromatic rings. The van der Waals surface area contributed by atoms with E-state index in [1.54, 1.807) is 12.1 Å². The Balaban J connectivity index is 1.57. The van der Waals surface area contributed by atoms with Crippen LogP contribution in [0.25, 0.3) is 0 Å². The molecule has 0 N–H and O–H groups in total. The van der Waals surface area contributed by atoms with Crippen LogP contribution in [-0.2, 0) is 13.6 Å². The monoisotopic (exact) mass is 628 g/mol. The van der Waals surface area contributed by atoms with Crippen molar-refractivity contribution in [1.82, 2.24) is 0 Å². The maximum atomic E-state index is 14.9. The minimum Gasteiger partial charge on any atom is -0.490 e. The van der Waals surface area contributed by atoms with Crippen molar-refractivity contribution < 1.29 is 27.1 Å². The minimum absolute atomic E-state index is 0.0415. The second-order valence-corrected chi connectivity index (χ2v) is 16.8. The molecule has 0 saturated heterocycles. The van der Waals surface area contributed by atoms with Crippen LogP contribution in [0, 0.1) is 17.6 Å². The van der Waals surface area contributed by atoms with Crippen molar-refractivity contribution in [1.29, 1.82) is 0 Å². The van der Waals surface area contributed by atoms with Gasteiger partial charge in [-0.15, -0.1) is 0 Å². The van der Waals surface area contributed by atoms with Gasteiger partial charge in [0.05, 0.1) is 24.0 Å². The molecule has 0 amide bonds. The lowest BCUT2D eigenvalue weighted by Crippen LogP contribution is -2.24. The first-order valence-corrected chi connectivity index (χ1v) is 19.1. The predicted octanol–water partition coefficient (Wildman–Crippen LogP) is 12.5. The lowest BCUT2D eigenvalue weighted by atomic mass is 9.77. The lowest BCUT2D eigenvalue weighted by molar-refractivity contribution is 0.0491. The van der Waals surface area contributed by atoms with Gasteiger partial charge in [-0.25, -0.2) is 4.39 Å². The van der Waals surface area contributed by atoms with Crippen molar-refractivity contribution in [3.63, 3.8) is 0 Å². The summed E-state index contributed by atoms with van der Waals surface area (Å²) in [7, 11) is -3.14. The highest BCUT2D eigenvalue weighted by atomic mass is 31.2. The summed E-state index contributed by atoms with van der Waals surface area (Å²) in [6.07, 6.45) is 19.1. The number of hydrogen-bond donors (Lipinski definition) is 0. The zero-order valence-electron chi connectivity index (χ0n) is 28.6. The smallest absolute Gasteiger partial charge is 0.331 e. The molecule has 0 aliphatic heterocycles. The standard InChI is InChI=1S/C36H63F2O4P/c1-8-9-17-20-29-21-23-30(24-22-29)31-25-26-32(34(38)33(31)37)40-27-18-15-13-11-10-12-14-16-19-28-43(39,41-35(2,3)4)42-36(5,6)7/h25-26,29-30H,8-24,27-28H2,1-7H3. The fraction of sp³-hybridized carbons (Fsp3) is 0.833. The van der Waals surface area contributed by atoms with Gasteiger partial charge in [-0.2, -0.15) is 4.39 Å². The molecule has 1 saturated carbocycles. The number of hydrogen-bond acceptors (Lipinski definition) is 4. The number of rotatable bonds is 20. The molecule has 0 unspecified atom stereocenters. The molecule has 43 heavy (non-hydrogen) atoms. The summed E-state index contributed by atoms with van der Waals surface area (Å²) < 4.78 is 60.3. The topological polar surface area (TPSA) is 44.8 Å². The molecule has 0 aromatic heterocycles. The second kappa shape index (κ2) is 18.9. The summed E-state index contributed by atoms with van der Waals surface area (Å²) in [6.45, 7) is 14.1. The highest BCUT2D eigenvalue weighted by molar-refractivity contribution is 7.53. The van der Waals surface area contributed by atoms with Crippen LogP contribution in [0.2, 0.25) is 0 Å². The Morgan fingerprint density at radius 3 is 1.79 bits per heavy atom. The van der Waals surface area contributed by atoms with Gasteiger partial charge in [-0.1, -0.05) is 83.6 Å². The third-order valence-electron chi connectivity index (χ3n) is 8.24. The van der Waals surface area contributed by atoms with E-state index >= 15 is 0 Å². The molecule has 1 aromatic carbocycles. The Kier molecular flexibility index (Phi) is 16.8. The number of halogens is 2. The first kappa shape index (κ1) is 38.2. The Labute approximate surface area is 263 Å². The Hall–Kier alpha value is -0.970. The van der Waals surface area contributed by atoms with Crippen LogP contribution >= 0.6 is 7.60 Å². The van der Waals surface area contributed by atoms with Crippen molar-refractivity contribution >= 4 is 7.60 Å². The van der Waals surface area contributed by atoms with E-state index < -0.39 is 30.4 Å². The van der Waals surface area contributed by atoms with Gasteiger partial charge in [0.25, 0.3) is 0 Å². The zero-order chi connectivity index (χ0) is 31.9. The van der Waals surface area contributed by atoms with Crippen LogP contribution in [0.1, 0.15) is 169 Å². The molecule has 2 rings (SSSR count). The SMILES string of the molecule is CCCCCC1CCC(c2ccc(OCCCCCCCCCCCP(=O)(OC(C)(C)C)OC(C)(C)C)c(F)c2F)CC1. The summed E-state index contributed by atoms with van der Waals surface area (Å²) in [5.41, 5.74) is -0.484. The van der Waals surface area contributed by atoms with E-state index in [-0.39, 0.29) is 11.7 Å². The lowest BCUT2D eigenvalue weighted by Gasteiger charge is -2.32. The van der Waals surface area contributed by atoms with Gasteiger partial charge < -0.3 is 13.8 Å². The van der Waals surface area contributed by atoms with Crippen molar-refractivity contribution in [2.24, 2.45) is 5.92 Å². The van der Waals surface area contributed by atoms with Crippen LogP contribution in [0.5, 0.6) is 5.75 Å². The maximum Gasteiger partial charge on any atom is 0.331 e. The highest BCUT2D eigenvalue weighted by Gasteiger charge is 2.34. The van der Waals surface area contributed by atoms with E-state index in [1.165, 1.54) is 25.7 Å². The molecule has 0 atom stereocenters. The van der Waals surface area contributed by atoms with Crippen LogP contribution in [0.15, 0.2) is 12.1 Å². The van der Waals surface area contributed by atoms with Gasteiger partial charge >= 0.3 is 7.60 Å². The minimum atomic E-state index is -3.14. The van der Waals surface area contributed by atoms with Crippen LogP contribution in [-0.4, -0.2) is 24.0 Å². The molecule has 0 heterocycles. The van der Waals surface area contributed by atoms with E-state index in [9.17, 15) is 13.3 Å². The van der Waals surface area contributed by atoms with Gasteiger partial charge in [0, 0.05) is 0 Å². The van der Waals surface area contributed by atoms with Gasteiger partial charge in [0.2, 0.25) is 5.82 Å². The van der Waals surface area contributed by atoms with E-state index in [2.05, 4.69) is 6.92 Å². The van der Waals surface area contributed by atoms with E-state index in [0.29, 0.717) is 18.3 Å². The van der Waals surface area contributed by atoms with Crippen LogP contribution in [0.3, 0.4) is 0 Å². The summed E-state index contributed by atoms with van der Waals surface area (Å²) in [5.74, 6) is -0.623. The van der Waals surface area contributed by atoms with Crippen molar-refractivity contribution in [2.45, 2.75) is 175 Å². The summed E-state index contributed by atoms with van der Waals surface area (Å²) in [6, 6.07) is 3.38. The molecule has 0 radical (unpaired) electrons. The van der Waals surface area contributed by atoms with Gasteiger partial charge in [0.15, 0.2) is 11.6 Å². The number of benzene rings is 1. The Morgan fingerprint density at radius 1 is 0.721 bits per heavy atom. The van der Waals surface area contributed by atoms with Crippen molar-refractivity contribution in [2.75, 3.05) is 12.8 Å². The third-order valence-corrected chi connectivity index (χ3v) is 10.8. The number of unbranched alkanes of at least 4 members (excludes halogenated alkanes) is 10. The van der Waals surface area contributed by atoms with E-state index in [0.717, 1.165) is 89.4 Å². The molecule has 0 spiro atoms. The molecular weight excluding hydrogens is 565 g/mol. The molecule has 0 bridgehead atoms. The Bertz CT molecular complexity index is 941. The van der Waals surface area contributed by atoms with Gasteiger partial charge in [-0.3, -0.25) is 4.57 Å². The first-order chi connectivity index (χ1) is 20.2. The summed E-state index contributed by atoms with van der Waals surface area (Å²) in [5, 5.41) is 0. The Morgan fingerprint density at radius 2 is 1.26 bits per heavy atom. The number of ether oxygens (including phenoxy) is 1. The molecule has 4 nitrogen and oxygen atoms in total. The fourth-order valence-corrected chi connectivity index (χ4v) is 8.69. The molecule has 1 aliphatic carbocycles. The van der Waals surface area contributed by atoms with Gasteiger partial charge in [-0.05, 0) is 104 Å². The van der Waals surface area contributed by atoms with Crippen molar-refractivity contribution in [3.05, 3.63) is 29.3 Å². The van der Waals surface area contributed by atoms with Crippen LogP contribution < -0.4 is 4.74 Å². The molecule has 1 aliphatic rings. The van der Waals surface area contributed by atoms with E-state index in [1.807, 2.05) is 41.5 Å². The maximum absolute atomic E-state index is 14.9. The fourth-order valence-electron chi connectivity index (χ4n) is 6.19. The predicted molar refractivity (Wildman–Crippen MR) is 176 cm³/mol. The largest absolute Gasteiger partial charge is 0.490 e. The molecular formula is C36H63F2O4P. The summed E-state index contributed by atoms with van der Waals surface area (Å²) in [4.78, 5) is 0. The third kappa shape index (κ3) is 15.7. The molecule has 7 heteroatoms. The zero-order valence-corrected chi connectivity index (χ0v) is 29.5. The van der Waals surface area contributed by atoms with Crippen LogP contribution in [0.4, 0.5) is 8.78 Å². The average molecular weight is 629 g/mol. The average Bonchev–Trinajstić information content (AvgIpc) is 2.90. The molecule has 1 fully saturated rings. The quantitative estimate of drug-likeness (QED) is 0.106. The second-order valence-electron chi connectivity index (χ2n) is 14.8. The van der Waals surface area contributed by atoms with E-state index in [4.69, 9.17) is 13.8 Å². The normalized spacial score (nSPS) is 18.3. The molecule has 250 valence electrons. The first-order valence-electron chi connectivity index (χ1n) is 17.3. The summed E-state index contributed by atoms with van der Waals surface area (Å²) >= 11 is 0.